The number of aromatic nitrogens is 2. The second-order valence-electron chi connectivity index (χ2n) is 4.91. The van der Waals surface area contributed by atoms with E-state index in [2.05, 4.69) is 15.5 Å². The number of hydrogen-bond donors (Lipinski definition) is 1. The standard InChI is InChI=1S/C16H15N3O2S/c1-10-14(11(2)21-19-10)16(20)18-8-12-4-3-6-17-15(12)13-5-7-22-9-13/h3-7,9H,8H2,1-2H3,(H,18,20). The number of amides is 1. The lowest BCUT2D eigenvalue weighted by Crippen LogP contribution is -2.24. The Morgan fingerprint density at radius 2 is 2.23 bits per heavy atom. The van der Waals surface area contributed by atoms with E-state index in [0.717, 1.165) is 16.8 Å². The van der Waals surface area contributed by atoms with Crippen LogP contribution in [-0.2, 0) is 6.54 Å². The number of hydrogen-bond acceptors (Lipinski definition) is 5. The molecule has 0 spiro atoms. The number of aryl methyl sites for hydroxylation is 2. The Morgan fingerprint density at radius 1 is 1.36 bits per heavy atom. The van der Waals surface area contributed by atoms with Crippen molar-refractivity contribution in [3.63, 3.8) is 0 Å². The number of carbonyl (C=O) groups excluding carboxylic acids is 1. The molecule has 5 nitrogen and oxygen atoms in total. The molecule has 0 radical (unpaired) electrons. The van der Waals surface area contributed by atoms with E-state index in [4.69, 9.17) is 4.52 Å². The van der Waals surface area contributed by atoms with Crippen LogP contribution in [0.25, 0.3) is 11.3 Å². The van der Waals surface area contributed by atoms with Crippen molar-refractivity contribution in [1.29, 1.82) is 0 Å². The summed E-state index contributed by atoms with van der Waals surface area (Å²) in [5.41, 5.74) is 4.02. The minimum Gasteiger partial charge on any atom is -0.361 e. The van der Waals surface area contributed by atoms with E-state index < -0.39 is 0 Å². The van der Waals surface area contributed by atoms with Gasteiger partial charge < -0.3 is 9.84 Å². The zero-order chi connectivity index (χ0) is 15.5. The van der Waals surface area contributed by atoms with Gasteiger partial charge in [0.05, 0.1) is 11.4 Å². The summed E-state index contributed by atoms with van der Waals surface area (Å²) in [4.78, 5) is 16.7. The van der Waals surface area contributed by atoms with Crippen molar-refractivity contribution >= 4 is 17.2 Å². The maximum absolute atomic E-state index is 12.3. The van der Waals surface area contributed by atoms with Crippen molar-refractivity contribution in [3.05, 3.63) is 57.7 Å². The Kier molecular flexibility index (Phi) is 4.02. The van der Waals surface area contributed by atoms with Crippen LogP contribution < -0.4 is 5.32 Å². The van der Waals surface area contributed by atoms with Gasteiger partial charge in [-0.05, 0) is 36.9 Å². The topological polar surface area (TPSA) is 68.0 Å². The molecule has 1 amide bonds. The first-order chi connectivity index (χ1) is 10.7. The van der Waals surface area contributed by atoms with Crippen LogP contribution in [0.3, 0.4) is 0 Å². The molecule has 112 valence electrons. The Balaban J connectivity index is 1.79. The first-order valence-electron chi connectivity index (χ1n) is 6.84. The third-order valence-electron chi connectivity index (χ3n) is 3.39. The molecule has 3 aromatic rings. The fourth-order valence-corrected chi connectivity index (χ4v) is 2.95. The fraction of sp³-hybridized carbons (Fsp3) is 0.188. The van der Waals surface area contributed by atoms with Crippen LogP contribution >= 0.6 is 11.3 Å². The molecular weight excluding hydrogens is 298 g/mol. The van der Waals surface area contributed by atoms with E-state index in [0.29, 0.717) is 23.6 Å². The molecular formula is C16H15N3O2S. The average molecular weight is 313 g/mol. The van der Waals surface area contributed by atoms with Crippen LogP contribution in [0.2, 0.25) is 0 Å². The first kappa shape index (κ1) is 14.5. The van der Waals surface area contributed by atoms with Gasteiger partial charge >= 0.3 is 0 Å². The fourth-order valence-electron chi connectivity index (χ4n) is 2.31. The highest BCUT2D eigenvalue weighted by Gasteiger charge is 2.17. The van der Waals surface area contributed by atoms with E-state index in [-0.39, 0.29) is 5.91 Å². The molecule has 0 fully saturated rings. The van der Waals surface area contributed by atoms with Crippen molar-refractivity contribution in [2.24, 2.45) is 0 Å². The molecule has 0 aliphatic carbocycles. The molecule has 3 heterocycles. The normalized spacial score (nSPS) is 10.6. The smallest absolute Gasteiger partial charge is 0.257 e. The van der Waals surface area contributed by atoms with Crippen LogP contribution in [0.15, 0.2) is 39.7 Å². The van der Waals surface area contributed by atoms with Crippen LogP contribution in [0.4, 0.5) is 0 Å². The monoisotopic (exact) mass is 313 g/mol. The quantitative estimate of drug-likeness (QED) is 0.802. The molecule has 0 aromatic carbocycles. The number of nitrogens with zero attached hydrogens (tertiary/aromatic N) is 2. The number of carbonyl (C=O) groups is 1. The molecule has 0 saturated heterocycles. The summed E-state index contributed by atoms with van der Waals surface area (Å²) >= 11 is 1.62. The van der Waals surface area contributed by atoms with Crippen molar-refractivity contribution in [3.8, 4) is 11.3 Å². The summed E-state index contributed by atoms with van der Waals surface area (Å²) in [6, 6.07) is 5.85. The van der Waals surface area contributed by atoms with Gasteiger partial charge in [-0.2, -0.15) is 11.3 Å². The summed E-state index contributed by atoms with van der Waals surface area (Å²) < 4.78 is 5.03. The predicted octanol–water partition coefficient (Wildman–Crippen LogP) is 3.34. The molecule has 3 rings (SSSR count). The van der Waals surface area contributed by atoms with Crippen molar-refractivity contribution in [2.75, 3.05) is 0 Å². The summed E-state index contributed by atoms with van der Waals surface area (Å²) in [5, 5.41) is 10.8. The van der Waals surface area contributed by atoms with Gasteiger partial charge in [-0.25, -0.2) is 0 Å². The van der Waals surface area contributed by atoms with E-state index in [1.807, 2.05) is 29.0 Å². The Hall–Kier alpha value is -2.47. The van der Waals surface area contributed by atoms with Crippen LogP contribution in [0, 0.1) is 13.8 Å². The van der Waals surface area contributed by atoms with Gasteiger partial charge in [0.15, 0.2) is 0 Å². The Labute approximate surface area is 132 Å². The third kappa shape index (κ3) is 2.78. The van der Waals surface area contributed by atoms with Crippen LogP contribution in [0.5, 0.6) is 0 Å². The summed E-state index contributed by atoms with van der Waals surface area (Å²) in [6.45, 7) is 3.89. The minimum absolute atomic E-state index is 0.184. The Morgan fingerprint density at radius 3 is 2.91 bits per heavy atom. The zero-order valence-corrected chi connectivity index (χ0v) is 13.1. The summed E-state index contributed by atoms with van der Waals surface area (Å²) in [6.07, 6.45) is 1.76. The lowest BCUT2D eigenvalue weighted by molar-refractivity contribution is 0.0949. The number of nitrogens with one attached hydrogen (secondary N) is 1. The zero-order valence-electron chi connectivity index (χ0n) is 12.3. The minimum atomic E-state index is -0.184. The average Bonchev–Trinajstić information content (AvgIpc) is 3.15. The van der Waals surface area contributed by atoms with Crippen molar-refractivity contribution in [2.45, 2.75) is 20.4 Å². The van der Waals surface area contributed by atoms with E-state index in [9.17, 15) is 4.79 Å². The third-order valence-corrected chi connectivity index (χ3v) is 4.07. The second-order valence-corrected chi connectivity index (χ2v) is 5.69. The largest absolute Gasteiger partial charge is 0.361 e. The van der Waals surface area contributed by atoms with Gasteiger partial charge in [0.25, 0.3) is 5.91 Å². The van der Waals surface area contributed by atoms with Crippen LogP contribution in [-0.4, -0.2) is 16.0 Å². The number of pyridine rings is 1. The van der Waals surface area contributed by atoms with E-state index in [1.54, 1.807) is 31.4 Å². The first-order valence-corrected chi connectivity index (χ1v) is 7.78. The van der Waals surface area contributed by atoms with Gasteiger partial charge in [-0.3, -0.25) is 9.78 Å². The van der Waals surface area contributed by atoms with Gasteiger partial charge in [-0.15, -0.1) is 0 Å². The predicted molar refractivity (Wildman–Crippen MR) is 84.7 cm³/mol. The van der Waals surface area contributed by atoms with Gasteiger partial charge in [0, 0.05) is 23.7 Å². The lowest BCUT2D eigenvalue weighted by Gasteiger charge is -2.08. The summed E-state index contributed by atoms with van der Waals surface area (Å²) in [5.74, 6) is 0.343. The summed E-state index contributed by atoms with van der Waals surface area (Å²) in [7, 11) is 0. The maximum atomic E-state index is 12.3. The van der Waals surface area contributed by atoms with Crippen LogP contribution in [0.1, 0.15) is 27.4 Å². The number of thiophene rings is 1. The highest BCUT2D eigenvalue weighted by atomic mass is 32.1. The molecule has 3 aromatic heterocycles. The molecule has 0 aliphatic heterocycles. The molecule has 0 saturated carbocycles. The van der Waals surface area contributed by atoms with Crippen molar-refractivity contribution in [1.82, 2.24) is 15.5 Å². The lowest BCUT2D eigenvalue weighted by atomic mass is 10.1. The van der Waals surface area contributed by atoms with E-state index >= 15 is 0 Å². The molecule has 0 atom stereocenters. The molecule has 6 heteroatoms. The second kappa shape index (κ2) is 6.11. The SMILES string of the molecule is Cc1noc(C)c1C(=O)NCc1cccnc1-c1ccsc1. The van der Waals surface area contributed by atoms with Gasteiger partial charge in [-0.1, -0.05) is 11.2 Å². The van der Waals surface area contributed by atoms with E-state index in [1.165, 1.54) is 0 Å². The van der Waals surface area contributed by atoms with Gasteiger partial charge in [0.1, 0.15) is 11.3 Å². The Bertz CT molecular complexity index is 774. The van der Waals surface area contributed by atoms with Gasteiger partial charge in [0.2, 0.25) is 0 Å². The maximum Gasteiger partial charge on any atom is 0.257 e. The highest BCUT2D eigenvalue weighted by Crippen LogP contribution is 2.23. The van der Waals surface area contributed by atoms with Crippen molar-refractivity contribution < 1.29 is 9.32 Å². The highest BCUT2D eigenvalue weighted by molar-refractivity contribution is 7.08. The molecule has 0 aliphatic rings. The molecule has 22 heavy (non-hydrogen) atoms. The molecule has 0 bridgehead atoms. The molecule has 1 N–H and O–H groups in total. The number of rotatable bonds is 4. The molecule has 0 unspecified atom stereocenters.